The lowest BCUT2D eigenvalue weighted by atomic mass is 10.2. The summed E-state index contributed by atoms with van der Waals surface area (Å²) in [4.78, 5) is 18.2. The molecular weight excluding hydrogens is 316 g/mol. The Kier molecular flexibility index (Phi) is 4.77. The van der Waals surface area contributed by atoms with Gasteiger partial charge in [0, 0.05) is 16.6 Å². The Morgan fingerprint density at radius 1 is 1.35 bits per heavy atom. The van der Waals surface area contributed by atoms with Crippen molar-refractivity contribution in [3.63, 3.8) is 0 Å². The quantitative estimate of drug-likeness (QED) is 0.675. The van der Waals surface area contributed by atoms with E-state index in [4.69, 9.17) is 14.3 Å². The molecule has 0 saturated carbocycles. The number of rotatable bonds is 5. The Labute approximate surface area is 137 Å². The van der Waals surface area contributed by atoms with Gasteiger partial charge in [0.05, 0.1) is 6.21 Å². The third-order valence-electron chi connectivity index (χ3n) is 3.12. The van der Waals surface area contributed by atoms with Gasteiger partial charge in [0.15, 0.2) is 11.5 Å². The monoisotopic (exact) mass is 332 g/mol. The van der Waals surface area contributed by atoms with Gasteiger partial charge in [-0.1, -0.05) is 11.2 Å². The predicted octanol–water partition coefficient (Wildman–Crippen LogP) is 2.90. The van der Waals surface area contributed by atoms with E-state index < -0.39 is 6.10 Å². The van der Waals surface area contributed by atoms with E-state index in [0.717, 1.165) is 4.88 Å². The van der Waals surface area contributed by atoms with Crippen LogP contribution in [0.2, 0.25) is 0 Å². The molecule has 1 aliphatic heterocycles. The Morgan fingerprint density at radius 2 is 2.17 bits per heavy atom. The molecule has 2 heterocycles. The minimum Gasteiger partial charge on any atom is -0.486 e. The lowest BCUT2D eigenvalue weighted by Crippen LogP contribution is -2.26. The molecule has 0 aliphatic carbocycles. The highest BCUT2D eigenvalue weighted by molar-refractivity contribution is 7.11. The number of thiophene rings is 1. The molecule has 1 unspecified atom stereocenters. The van der Waals surface area contributed by atoms with Crippen LogP contribution in [0.5, 0.6) is 11.5 Å². The zero-order valence-electron chi connectivity index (χ0n) is 12.5. The second-order valence-corrected chi connectivity index (χ2v) is 5.82. The van der Waals surface area contributed by atoms with Gasteiger partial charge in [0.25, 0.3) is 5.91 Å². The molecule has 23 heavy (non-hydrogen) atoms. The molecular formula is C16H16N2O4S. The van der Waals surface area contributed by atoms with E-state index in [-0.39, 0.29) is 5.91 Å². The average molecular weight is 332 g/mol. The van der Waals surface area contributed by atoms with Gasteiger partial charge in [-0.3, -0.25) is 4.79 Å². The number of ether oxygens (including phenoxy) is 2. The number of nitrogens with one attached hydrogen (secondary N) is 1. The van der Waals surface area contributed by atoms with Gasteiger partial charge in [-0.25, -0.2) is 0 Å². The standard InChI is InChI=1S/C16H16N2O4S/c1-11(22-17-10-13-3-2-8-23-13)16(19)18-12-4-5-14-15(9-12)21-7-6-20-14/h2-5,8-11H,6-7H2,1H3,(H,18,19). The third-order valence-corrected chi connectivity index (χ3v) is 3.93. The van der Waals surface area contributed by atoms with Gasteiger partial charge in [-0.15, -0.1) is 11.3 Å². The number of oxime groups is 1. The van der Waals surface area contributed by atoms with Crippen molar-refractivity contribution >= 4 is 29.1 Å². The summed E-state index contributed by atoms with van der Waals surface area (Å²) in [5.41, 5.74) is 0.622. The average Bonchev–Trinajstić information content (AvgIpc) is 3.08. The molecule has 0 spiro atoms. The molecule has 3 rings (SSSR count). The zero-order chi connectivity index (χ0) is 16.1. The molecule has 2 aromatic rings. The fraction of sp³-hybridized carbons (Fsp3) is 0.250. The first-order valence-electron chi connectivity index (χ1n) is 7.15. The van der Waals surface area contributed by atoms with E-state index in [0.29, 0.717) is 30.4 Å². The van der Waals surface area contributed by atoms with Crippen molar-refractivity contribution in [2.75, 3.05) is 18.5 Å². The van der Waals surface area contributed by atoms with Crippen LogP contribution in [0.3, 0.4) is 0 Å². The molecule has 7 heteroatoms. The summed E-state index contributed by atoms with van der Waals surface area (Å²) in [7, 11) is 0. The first-order valence-corrected chi connectivity index (χ1v) is 8.03. The summed E-state index contributed by atoms with van der Waals surface area (Å²) in [6.45, 7) is 2.67. The van der Waals surface area contributed by atoms with Gasteiger partial charge >= 0.3 is 0 Å². The van der Waals surface area contributed by atoms with Crippen LogP contribution in [0.15, 0.2) is 40.9 Å². The molecule has 0 fully saturated rings. The van der Waals surface area contributed by atoms with Crippen LogP contribution < -0.4 is 14.8 Å². The van der Waals surface area contributed by atoms with Gasteiger partial charge in [-0.2, -0.15) is 0 Å². The maximum absolute atomic E-state index is 12.1. The van der Waals surface area contributed by atoms with E-state index in [1.165, 1.54) is 0 Å². The van der Waals surface area contributed by atoms with E-state index in [1.54, 1.807) is 42.7 Å². The fourth-order valence-corrected chi connectivity index (χ4v) is 2.53. The topological polar surface area (TPSA) is 69.2 Å². The molecule has 6 nitrogen and oxygen atoms in total. The number of fused-ring (bicyclic) bond motifs is 1. The van der Waals surface area contributed by atoms with Crippen molar-refractivity contribution in [2.24, 2.45) is 5.16 Å². The summed E-state index contributed by atoms with van der Waals surface area (Å²) < 4.78 is 10.9. The number of hydrogen-bond acceptors (Lipinski definition) is 6. The van der Waals surface area contributed by atoms with Crippen LogP contribution in [0.4, 0.5) is 5.69 Å². The fourth-order valence-electron chi connectivity index (χ4n) is 1.95. The summed E-state index contributed by atoms with van der Waals surface area (Å²) in [6, 6.07) is 9.09. The number of carbonyl (C=O) groups is 1. The largest absolute Gasteiger partial charge is 0.486 e. The van der Waals surface area contributed by atoms with Gasteiger partial charge in [-0.05, 0) is 30.5 Å². The highest BCUT2D eigenvalue weighted by Crippen LogP contribution is 2.32. The Morgan fingerprint density at radius 3 is 2.96 bits per heavy atom. The normalized spacial score (nSPS) is 14.5. The van der Waals surface area contributed by atoms with Crippen molar-refractivity contribution in [1.29, 1.82) is 0 Å². The SMILES string of the molecule is CC(ON=Cc1cccs1)C(=O)Nc1ccc2c(c1)OCCO2. The highest BCUT2D eigenvalue weighted by Gasteiger charge is 2.17. The van der Waals surface area contributed by atoms with Crippen molar-refractivity contribution in [3.8, 4) is 11.5 Å². The third kappa shape index (κ3) is 4.01. The molecule has 1 aromatic carbocycles. The second-order valence-electron chi connectivity index (χ2n) is 4.85. The lowest BCUT2D eigenvalue weighted by Gasteiger charge is -2.19. The van der Waals surface area contributed by atoms with Gasteiger partial charge in [0.2, 0.25) is 6.10 Å². The summed E-state index contributed by atoms with van der Waals surface area (Å²) in [5, 5.41) is 8.54. The van der Waals surface area contributed by atoms with Crippen molar-refractivity contribution < 1.29 is 19.1 Å². The Balaban J connectivity index is 1.55. The number of hydrogen-bond donors (Lipinski definition) is 1. The molecule has 0 bridgehead atoms. The minimum absolute atomic E-state index is 0.287. The Hall–Kier alpha value is -2.54. The number of amides is 1. The van der Waals surface area contributed by atoms with Gasteiger partial charge in [0.1, 0.15) is 13.2 Å². The Bertz CT molecular complexity index is 700. The maximum Gasteiger partial charge on any atom is 0.267 e. The summed E-state index contributed by atoms with van der Waals surface area (Å²) >= 11 is 1.54. The molecule has 1 atom stereocenters. The van der Waals surface area contributed by atoms with Crippen molar-refractivity contribution in [1.82, 2.24) is 0 Å². The van der Waals surface area contributed by atoms with E-state index in [9.17, 15) is 4.79 Å². The predicted molar refractivity (Wildman–Crippen MR) is 88.5 cm³/mol. The second kappa shape index (κ2) is 7.15. The molecule has 1 aliphatic rings. The highest BCUT2D eigenvalue weighted by atomic mass is 32.1. The van der Waals surface area contributed by atoms with Gasteiger partial charge < -0.3 is 19.6 Å². The van der Waals surface area contributed by atoms with Crippen LogP contribution in [-0.2, 0) is 9.63 Å². The minimum atomic E-state index is -0.709. The molecule has 120 valence electrons. The van der Waals surface area contributed by atoms with Crippen LogP contribution in [0.25, 0.3) is 0 Å². The number of nitrogens with zero attached hydrogens (tertiary/aromatic N) is 1. The smallest absolute Gasteiger partial charge is 0.267 e. The van der Waals surface area contributed by atoms with E-state index in [1.807, 2.05) is 17.5 Å². The first-order chi connectivity index (χ1) is 11.2. The van der Waals surface area contributed by atoms with Crippen LogP contribution in [-0.4, -0.2) is 31.4 Å². The first kappa shape index (κ1) is 15.4. The number of benzene rings is 1. The van der Waals surface area contributed by atoms with E-state index >= 15 is 0 Å². The zero-order valence-corrected chi connectivity index (χ0v) is 13.3. The van der Waals surface area contributed by atoms with E-state index in [2.05, 4.69) is 10.5 Å². The molecule has 1 aromatic heterocycles. The molecule has 0 saturated heterocycles. The lowest BCUT2D eigenvalue weighted by molar-refractivity contribution is -0.126. The molecule has 1 amide bonds. The number of carbonyl (C=O) groups excluding carboxylic acids is 1. The van der Waals surface area contributed by atoms with Crippen molar-refractivity contribution in [3.05, 3.63) is 40.6 Å². The summed E-state index contributed by atoms with van der Waals surface area (Å²) in [6.07, 6.45) is 0.873. The molecule has 1 N–H and O–H groups in total. The van der Waals surface area contributed by atoms with Crippen LogP contribution in [0.1, 0.15) is 11.8 Å². The van der Waals surface area contributed by atoms with Crippen molar-refractivity contribution in [2.45, 2.75) is 13.0 Å². The maximum atomic E-state index is 12.1. The summed E-state index contributed by atoms with van der Waals surface area (Å²) in [5.74, 6) is 1.02. The number of anilines is 1. The molecule has 0 radical (unpaired) electrons. The van der Waals surface area contributed by atoms with Crippen LogP contribution in [0, 0.1) is 0 Å². The van der Waals surface area contributed by atoms with Crippen LogP contribution >= 0.6 is 11.3 Å².